The molecule has 0 aromatic heterocycles. The van der Waals surface area contributed by atoms with Crippen molar-refractivity contribution in [1.29, 1.82) is 0 Å². The second-order valence-electron chi connectivity index (χ2n) is 9.90. The fraction of sp³-hybridized carbons (Fsp3) is 0.652. The lowest BCUT2D eigenvalue weighted by atomic mass is 9.48. The summed E-state index contributed by atoms with van der Waals surface area (Å²) in [5.74, 6) is 0.390. The third-order valence-electron chi connectivity index (χ3n) is 7.54. The quantitative estimate of drug-likeness (QED) is 0.814. The van der Waals surface area contributed by atoms with Crippen LogP contribution in [0, 0.1) is 17.3 Å². The Morgan fingerprint density at radius 3 is 2.54 bits per heavy atom. The van der Waals surface area contributed by atoms with E-state index < -0.39 is 17.1 Å². The summed E-state index contributed by atoms with van der Waals surface area (Å²) in [7, 11) is 0. The van der Waals surface area contributed by atoms with E-state index in [-0.39, 0.29) is 17.9 Å². The molecule has 1 aromatic carbocycles. The van der Waals surface area contributed by atoms with Gasteiger partial charge in [-0.05, 0) is 82.3 Å². The van der Waals surface area contributed by atoms with Crippen LogP contribution in [0.15, 0.2) is 24.3 Å². The van der Waals surface area contributed by atoms with E-state index in [2.05, 4.69) is 0 Å². The Hall–Kier alpha value is -1.88. The van der Waals surface area contributed by atoms with Crippen molar-refractivity contribution in [2.45, 2.75) is 76.5 Å². The minimum atomic E-state index is -0.816. The van der Waals surface area contributed by atoms with Gasteiger partial charge < -0.3 is 14.7 Å². The number of fused-ring (bicyclic) bond motifs is 1. The maximum absolute atomic E-state index is 13.2. The smallest absolute Gasteiger partial charge is 0.312 e. The molecular weight excluding hydrogens is 354 g/mol. The van der Waals surface area contributed by atoms with Crippen molar-refractivity contribution in [3.63, 3.8) is 0 Å². The molecule has 4 atom stereocenters. The second-order valence-corrected chi connectivity index (χ2v) is 9.90. The number of aliphatic hydroxyl groups is 1. The Morgan fingerprint density at radius 1 is 1.18 bits per heavy atom. The largest absolute Gasteiger partial charge is 0.452 e. The van der Waals surface area contributed by atoms with Crippen LogP contribution in [0.3, 0.4) is 0 Å². The monoisotopic (exact) mass is 383 g/mol. The highest BCUT2D eigenvalue weighted by Gasteiger charge is 2.61. The van der Waals surface area contributed by atoms with Crippen LogP contribution in [0.25, 0.3) is 0 Å². The van der Waals surface area contributed by atoms with Crippen LogP contribution >= 0.6 is 0 Å². The molecule has 4 aliphatic carbocycles. The van der Waals surface area contributed by atoms with E-state index >= 15 is 0 Å². The molecule has 1 amide bonds. The number of rotatable bonds is 3. The molecule has 1 heterocycles. The third kappa shape index (κ3) is 2.70. The molecule has 0 spiro atoms. The SMILES string of the molecule is C[C@H](OC(=O)C12C[C@H]3C[C@@H](CC(O)(C3)C1)C2)C(=O)N1c2ccccc2C[C@@H]1C. The number of hydrogen-bond acceptors (Lipinski definition) is 4. The number of benzene rings is 1. The zero-order valence-corrected chi connectivity index (χ0v) is 16.7. The van der Waals surface area contributed by atoms with E-state index in [1.807, 2.05) is 31.2 Å². The highest BCUT2D eigenvalue weighted by molar-refractivity contribution is 6.00. The Labute approximate surface area is 166 Å². The van der Waals surface area contributed by atoms with Crippen LogP contribution in [0.2, 0.25) is 0 Å². The molecule has 4 saturated carbocycles. The van der Waals surface area contributed by atoms with Gasteiger partial charge in [-0.3, -0.25) is 9.59 Å². The summed E-state index contributed by atoms with van der Waals surface area (Å²) in [4.78, 5) is 28.1. The average molecular weight is 383 g/mol. The molecule has 6 rings (SSSR count). The molecule has 0 unspecified atom stereocenters. The summed E-state index contributed by atoms with van der Waals surface area (Å²) >= 11 is 0. The summed E-state index contributed by atoms with van der Waals surface area (Å²) < 4.78 is 5.78. The molecule has 4 bridgehead atoms. The lowest BCUT2D eigenvalue weighted by Crippen LogP contribution is -2.59. The average Bonchev–Trinajstić information content (AvgIpc) is 2.94. The van der Waals surface area contributed by atoms with Crippen molar-refractivity contribution >= 4 is 17.6 Å². The zero-order chi connectivity index (χ0) is 19.7. The van der Waals surface area contributed by atoms with Crippen LogP contribution in [0.4, 0.5) is 5.69 Å². The highest BCUT2D eigenvalue weighted by Crippen LogP contribution is 2.62. The number of carbonyl (C=O) groups is 2. The van der Waals surface area contributed by atoms with Crippen LogP contribution in [0.5, 0.6) is 0 Å². The zero-order valence-electron chi connectivity index (χ0n) is 16.7. The van der Waals surface area contributed by atoms with Crippen molar-refractivity contribution in [1.82, 2.24) is 0 Å². The molecule has 1 aromatic rings. The van der Waals surface area contributed by atoms with Crippen LogP contribution in [0.1, 0.15) is 57.9 Å². The Balaban J connectivity index is 1.33. The van der Waals surface area contributed by atoms with Gasteiger partial charge in [0.15, 0.2) is 6.10 Å². The Kier molecular flexibility index (Phi) is 3.93. The highest BCUT2D eigenvalue weighted by atomic mass is 16.5. The first-order valence-electron chi connectivity index (χ1n) is 10.6. The van der Waals surface area contributed by atoms with Crippen molar-refractivity contribution < 1.29 is 19.4 Å². The van der Waals surface area contributed by atoms with Crippen molar-refractivity contribution in [3.05, 3.63) is 29.8 Å². The van der Waals surface area contributed by atoms with E-state index in [0.29, 0.717) is 18.3 Å². The summed E-state index contributed by atoms with van der Waals surface area (Å²) in [6.45, 7) is 3.71. The lowest BCUT2D eigenvalue weighted by Gasteiger charge is -2.58. The standard InChI is InChI=1S/C23H29NO4/c1-14-7-18-5-3-4-6-19(18)24(14)20(25)15(2)28-21(26)22-9-16-8-17(10-22)12-23(27,11-16)13-22/h3-6,14-17,27H,7-13H2,1-2H3/t14-,15-,16+,17+,22?,23?/m0/s1. The van der Waals surface area contributed by atoms with Gasteiger partial charge in [0.1, 0.15) is 0 Å². The van der Waals surface area contributed by atoms with Crippen molar-refractivity contribution in [2.24, 2.45) is 17.3 Å². The van der Waals surface area contributed by atoms with Crippen LogP contribution in [-0.2, 0) is 20.7 Å². The van der Waals surface area contributed by atoms with E-state index in [1.54, 1.807) is 11.8 Å². The molecule has 150 valence electrons. The molecule has 28 heavy (non-hydrogen) atoms. The number of ether oxygens (including phenoxy) is 1. The van der Waals surface area contributed by atoms with E-state index in [4.69, 9.17) is 4.74 Å². The predicted octanol–water partition coefficient (Wildman–Crippen LogP) is 3.23. The van der Waals surface area contributed by atoms with E-state index in [0.717, 1.165) is 49.8 Å². The molecule has 0 saturated heterocycles. The first kappa shape index (κ1) is 18.2. The first-order valence-corrected chi connectivity index (χ1v) is 10.6. The van der Waals surface area contributed by atoms with Gasteiger partial charge in [0.25, 0.3) is 5.91 Å². The number of para-hydroxylation sites is 1. The van der Waals surface area contributed by atoms with Gasteiger partial charge in [0.2, 0.25) is 0 Å². The number of amides is 1. The molecule has 4 fully saturated rings. The normalized spacial score (nSPS) is 39.0. The molecule has 5 aliphatic rings. The van der Waals surface area contributed by atoms with E-state index in [9.17, 15) is 14.7 Å². The third-order valence-corrected chi connectivity index (χ3v) is 7.54. The topological polar surface area (TPSA) is 66.8 Å². The number of carbonyl (C=O) groups excluding carboxylic acids is 2. The van der Waals surface area contributed by atoms with Gasteiger partial charge in [-0.1, -0.05) is 18.2 Å². The van der Waals surface area contributed by atoms with Crippen molar-refractivity contribution in [3.8, 4) is 0 Å². The number of hydrogen-bond donors (Lipinski definition) is 1. The van der Waals surface area contributed by atoms with Crippen molar-refractivity contribution in [2.75, 3.05) is 4.90 Å². The summed E-state index contributed by atoms with van der Waals surface area (Å²) in [6, 6.07) is 7.99. The summed E-state index contributed by atoms with van der Waals surface area (Å²) in [5, 5.41) is 10.9. The fourth-order valence-electron chi connectivity index (χ4n) is 6.89. The summed E-state index contributed by atoms with van der Waals surface area (Å²) in [5.41, 5.74) is 0.776. The van der Waals surface area contributed by atoms with Gasteiger partial charge in [0.05, 0.1) is 11.0 Å². The molecule has 1 N–H and O–H groups in total. The molecule has 1 aliphatic heterocycles. The van der Waals surface area contributed by atoms with E-state index in [1.165, 1.54) is 0 Å². The molecule has 5 heteroatoms. The minimum Gasteiger partial charge on any atom is -0.452 e. The van der Waals surface area contributed by atoms with Gasteiger partial charge >= 0.3 is 5.97 Å². The minimum absolute atomic E-state index is 0.0614. The maximum Gasteiger partial charge on any atom is 0.312 e. The van der Waals surface area contributed by atoms with Gasteiger partial charge in [-0.25, -0.2) is 0 Å². The predicted molar refractivity (Wildman–Crippen MR) is 105 cm³/mol. The van der Waals surface area contributed by atoms with Gasteiger partial charge in [-0.15, -0.1) is 0 Å². The summed E-state index contributed by atoms with van der Waals surface area (Å²) in [6.07, 6.45) is 4.85. The van der Waals surface area contributed by atoms with Crippen LogP contribution < -0.4 is 4.90 Å². The second kappa shape index (κ2) is 6.06. The molecular formula is C23H29NO4. The lowest BCUT2D eigenvalue weighted by molar-refractivity contribution is -0.199. The fourth-order valence-corrected chi connectivity index (χ4v) is 6.89. The maximum atomic E-state index is 13.2. The van der Waals surface area contributed by atoms with Crippen LogP contribution in [-0.4, -0.2) is 34.7 Å². The van der Waals surface area contributed by atoms with Gasteiger partial charge in [-0.2, -0.15) is 0 Å². The Morgan fingerprint density at radius 2 is 1.86 bits per heavy atom. The number of esters is 1. The number of nitrogens with zero attached hydrogens (tertiary/aromatic N) is 1. The number of anilines is 1. The molecule has 5 nitrogen and oxygen atoms in total. The van der Waals surface area contributed by atoms with Gasteiger partial charge in [0, 0.05) is 11.7 Å². The first-order chi connectivity index (χ1) is 13.3. The molecule has 0 radical (unpaired) electrons. The Bertz CT molecular complexity index is 820.